The summed E-state index contributed by atoms with van der Waals surface area (Å²) in [5.74, 6) is 1.69. The highest BCUT2D eigenvalue weighted by Crippen LogP contribution is 2.15. The first kappa shape index (κ1) is 17.3. The second kappa shape index (κ2) is 9.15. The monoisotopic (exact) mass is 332 g/mol. The molecule has 0 bridgehead atoms. The third-order valence-electron chi connectivity index (χ3n) is 3.33. The number of guanidine groups is 1. The van der Waals surface area contributed by atoms with E-state index in [4.69, 9.17) is 4.74 Å². The van der Waals surface area contributed by atoms with Crippen LogP contribution in [0, 0.1) is 13.8 Å². The highest BCUT2D eigenvalue weighted by atomic mass is 32.1. The van der Waals surface area contributed by atoms with Crippen molar-refractivity contribution < 1.29 is 4.74 Å². The molecule has 0 saturated carbocycles. The normalized spacial score (nSPS) is 11.3. The quantitative estimate of drug-likeness (QED) is 0.465. The van der Waals surface area contributed by atoms with Crippen LogP contribution < -0.4 is 15.4 Å². The number of ether oxygens (including phenoxy) is 1. The highest BCUT2D eigenvalue weighted by molar-refractivity contribution is 7.11. The lowest BCUT2D eigenvalue weighted by Gasteiger charge is -2.11. The number of rotatable bonds is 7. The van der Waals surface area contributed by atoms with E-state index in [1.165, 1.54) is 4.88 Å². The first-order chi connectivity index (χ1) is 11.2. The zero-order chi connectivity index (χ0) is 16.5. The Kier molecular flexibility index (Phi) is 6.87. The largest absolute Gasteiger partial charge is 0.494 e. The van der Waals surface area contributed by atoms with Crippen molar-refractivity contribution in [2.24, 2.45) is 4.99 Å². The summed E-state index contributed by atoms with van der Waals surface area (Å²) in [4.78, 5) is 10.00. The molecule has 0 fully saturated rings. The van der Waals surface area contributed by atoms with E-state index in [9.17, 15) is 0 Å². The molecule has 5 nitrogen and oxygen atoms in total. The van der Waals surface area contributed by atoms with Gasteiger partial charge in [-0.1, -0.05) is 18.2 Å². The van der Waals surface area contributed by atoms with Crippen molar-refractivity contribution in [1.29, 1.82) is 0 Å². The summed E-state index contributed by atoms with van der Waals surface area (Å²) in [7, 11) is 1.77. The average molecular weight is 332 g/mol. The van der Waals surface area contributed by atoms with Gasteiger partial charge in [-0.05, 0) is 32.4 Å². The minimum absolute atomic E-state index is 0.679. The molecule has 0 aliphatic rings. The summed E-state index contributed by atoms with van der Waals surface area (Å²) in [5, 5.41) is 7.64. The lowest BCUT2D eigenvalue weighted by atomic mass is 10.3. The fourth-order valence-electron chi connectivity index (χ4n) is 1.98. The van der Waals surface area contributed by atoms with Crippen molar-refractivity contribution in [3.8, 4) is 5.75 Å². The van der Waals surface area contributed by atoms with Gasteiger partial charge in [-0.25, -0.2) is 4.98 Å². The maximum Gasteiger partial charge on any atom is 0.191 e. The van der Waals surface area contributed by atoms with E-state index in [0.717, 1.165) is 35.4 Å². The zero-order valence-corrected chi connectivity index (χ0v) is 14.7. The SMILES string of the molecule is CN=C(NCCCOc1ccccc1)NCc1nc(C)c(C)s1. The average Bonchev–Trinajstić information content (AvgIpc) is 2.89. The van der Waals surface area contributed by atoms with Gasteiger partial charge in [0.05, 0.1) is 18.8 Å². The van der Waals surface area contributed by atoms with Crippen molar-refractivity contribution in [1.82, 2.24) is 15.6 Å². The Morgan fingerprint density at radius 1 is 1.22 bits per heavy atom. The number of thiazole rings is 1. The van der Waals surface area contributed by atoms with Crippen LogP contribution in [0.15, 0.2) is 35.3 Å². The summed E-state index contributed by atoms with van der Waals surface area (Å²) < 4.78 is 5.66. The second-order valence-corrected chi connectivity index (χ2v) is 6.40. The Morgan fingerprint density at radius 2 is 2.00 bits per heavy atom. The van der Waals surface area contributed by atoms with Crippen molar-refractivity contribution in [2.45, 2.75) is 26.8 Å². The Morgan fingerprint density at radius 3 is 2.65 bits per heavy atom. The van der Waals surface area contributed by atoms with Gasteiger partial charge in [0.25, 0.3) is 0 Å². The number of aryl methyl sites for hydroxylation is 2. The van der Waals surface area contributed by atoms with E-state index < -0.39 is 0 Å². The van der Waals surface area contributed by atoms with Crippen molar-refractivity contribution in [3.05, 3.63) is 45.9 Å². The maximum absolute atomic E-state index is 5.66. The van der Waals surface area contributed by atoms with Crippen LogP contribution in [0.3, 0.4) is 0 Å². The predicted molar refractivity (Wildman–Crippen MR) is 96.3 cm³/mol. The van der Waals surface area contributed by atoms with Crippen LogP contribution in [0.5, 0.6) is 5.75 Å². The molecule has 6 heteroatoms. The lowest BCUT2D eigenvalue weighted by Crippen LogP contribution is -2.37. The van der Waals surface area contributed by atoms with E-state index in [0.29, 0.717) is 13.2 Å². The first-order valence-corrected chi connectivity index (χ1v) is 8.56. The molecular weight excluding hydrogens is 308 g/mol. The summed E-state index contributed by atoms with van der Waals surface area (Å²) in [5.41, 5.74) is 1.10. The van der Waals surface area contributed by atoms with Gasteiger partial charge in [0.2, 0.25) is 0 Å². The van der Waals surface area contributed by atoms with Crippen molar-refractivity contribution >= 4 is 17.3 Å². The molecule has 23 heavy (non-hydrogen) atoms. The van der Waals surface area contributed by atoms with Crippen molar-refractivity contribution in [3.63, 3.8) is 0 Å². The molecule has 2 aromatic rings. The molecule has 1 aromatic heterocycles. The van der Waals surface area contributed by atoms with Gasteiger partial charge in [-0.2, -0.15) is 0 Å². The van der Waals surface area contributed by atoms with Crippen LogP contribution in [0.4, 0.5) is 0 Å². The molecule has 0 atom stereocenters. The molecule has 0 aliphatic heterocycles. The number of nitrogens with zero attached hydrogens (tertiary/aromatic N) is 2. The minimum Gasteiger partial charge on any atom is -0.494 e. The van der Waals surface area contributed by atoms with Gasteiger partial charge in [-0.3, -0.25) is 4.99 Å². The maximum atomic E-state index is 5.66. The Balaban J connectivity index is 1.63. The molecular formula is C17H24N4OS. The molecule has 1 heterocycles. The molecule has 124 valence electrons. The molecule has 0 radical (unpaired) electrons. The van der Waals surface area contributed by atoms with Crippen LogP contribution in [0.2, 0.25) is 0 Å². The molecule has 2 rings (SSSR count). The van der Waals surface area contributed by atoms with Gasteiger partial charge in [-0.15, -0.1) is 11.3 Å². The smallest absolute Gasteiger partial charge is 0.191 e. The molecule has 1 aromatic carbocycles. The summed E-state index contributed by atoms with van der Waals surface area (Å²) in [6, 6.07) is 9.86. The summed E-state index contributed by atoms with van der Waals surface area (Å²) >= 11 is 1.72. The van der Waals surface area contributed by atoms with E-state index in [1.54, 1.807) is 18.4 Å². The molecule has 0 amide bonds. The Labute approximate surface area is 141 Å². The number of benzene rings is 1. The topological polar surface area (TPSA) is 58.5 Å². The minimum atomic E-state index is 0.679. The predicted octanol–water partition coefficient (Wildman–Crippen LogP) is 2.89. The van der Waals surface area contributed by atoms with Gasteiger partial charge in [0.1, 0.15) is 10.8 Å². The summed E-state index contributed by atoms with van der Waals surface area (Å²) in [6.45, 7) is 6.31. The molecule has 0 spiro atoms. The van der Waals surface area contributed by atoms with E-state index in [-0.39, 0.29) is 0 Å². The highest BCUT2D eigenvalue weighted by Gasteiger charge is 2.04. The van der Waals surface area contributed by atoms with Crippen LogP contribution >= 0.6 is 11.3 Å². The van der Waals surface area contributed by atoms with Crippen LogP contribution in [0.25, 0.3) is 0 Å². The number of nitrogens with one attached hydrogen (secondary N) is 2. The van der Waals surface area contributed by atoms with E-state index >= 15 is 0 Å². The number of hydrogen-bond donors (Lipinski definition) is 2. The first-order valence-electron chi connectivity index (χ1n) is 7.74. The molecule has 0 aliphatic carbocycles. The fourth-order valence-corrected chi connectivity index (χ4v) is 2.85. The third kappa shape index (κ3) is 5.90. The molecule has 2 N–H and O–H groups in total. The fraction of sp³-hybridized carbons (Fsp3) is 0.412. The number of para-hydroxylation sites is 1. The van der Waals surface area contributed by atoms with Gasteiger partial charge < -0.3 is 15.4 Å². The number of hydrogen-bond acceptors (Lipinski definition) is 4. The lowest BCUT2D eigenvalue weighted by molar-refractivity contribution is 0.311. The number of aliphatic imine (C=N–C) groups is 1. The van der Waals surface area contributed by atoms with Crippen LogP contribution in [0.1, 0.15) is 22.0 Å². The van der Waals surface area contributed by atoms with Crippen molar-refractivity contribution in [2.75, 3.05) is 20.2 Å². The van der Waals surface area contributed by atoms with E-state index in [1.807, 2.05) is 37.3 Å². The Bertz CT molecular complexity index is 605. The van der Waals surface area contributed by atoms with Gasteiger partial charge in [0.15, 0.2) is 5.96 Å². The zero-order valence-electron chi connectivity index (χ0n) is 13.9. The summed E-state index contributed by atoms with van der Waals surface area (Å²) in [6.07, 6.45) is 0.908. The van der Waals surface area contributed by atoms with Crippen LogP contribution in [-0.2, 0) is 6.54 Å². The second-order valence-electron chi connectivity index (χ2n) is 5.12. The number of aromatic nitrogens is 1. The van der Waals surface area contributed by atoms with Gasteiger partial charge in [0, 0.05) is 18.5 Å². The third-order valence-corrected chi connectivity index (χ3v) is 4.40. The van der Waals surface area contributed by atoms with Crippen LogP contribution in [-0.4, -0.2) is 31.1 Å². The van der Waals surface area contributed by atoms with Gasteiger partial charge >= 0.3 is 0 Å². The standard InChI is InChI=1S/C17H24N4OS/c1-13-14(2)23-16(21-13)12-20-17(18-3)19-10-7-11-22-15-8-5-4-6-9-15/h4-6,8-9H,7,10-12H2,1-3H3,(H2,18,19,20). The Hall–Kier alpha value is -2.08. The van der Waals surface area contributed by atoms with E-state index in [2.05, 4.69) is 27.5 Å². The molecule has 0 saturated heterocycles. The molecule has 0 unspecified atom stereocenters.